The molecule has 3 rings (SSSR count). The number of hydrogen-bond acceptors (Lipinski definition) is 6. The molecule has 0 unspecified atom stereocenters. The first-order valence-corrected chi connectivity index (χ1v) is 6.03. The minimum atomic E-state index is -1.66. The predicted molar refractivity (Wildman–Crippen MR) is 64.6 cm³/mol. The summed E-state index contributed by atoms with van der Waals surface area (Å²) in [6.07, 6.45) is -2.32. The molecule has 1 fully saturated rings. The predicted octanol–water partition coefficient (Wildman–Crippen LogP) is 0.0776. The fourth-order valence-electron chi connectivity index (χ4n) is 2.15. The van der Waals surface area contributed by atoms with E-state index in [4.69, 9.17) is 22.1 Å². The van der Waals surface area contributed by atoms with Gasteiger partial charge in [0, 0.05) is 0 Å². The van der Waals surface area contributed by atoms with Crippen molar-refractivity contribution in [1.82, 2.24) is 19.5 Å². The molecule has 102 valence electrons. The topological polar surface area (TPSA) is 96.2 Å². The van der Waals surface area contributed by atoms with E-state index in [9.17, 15) is 9.50 Å². The van der Waals surface area contributed by atoms with Gasteiger partial charge in [0.05, 0.1) is 19.3 Å². The lowest BCUT2D eigenvalue weighted by Crippen LogP contribution is -2.30. The van der Waals surface area contributed by atoms with Crippen molar-refractivity contribution in [1.29, 1.82) is 0 Å². The van der Waals surface area contributed by atoms with E-state index in [0.29, 0.717) is 15.8 Å². The zero-order valence-electron chi connectivity index (χ0n) is 9.60. The highest BCUT2D eigenvalue weighted by Gasteiger charge is 2.45. The number of alkyl halides is 1. The molecular weight excluding hydrogens is 275 g/mol. The van der Waals surface area contributed by atoms with E-state index in [1.54, 1.807) is 0 Å². The van der Waals surface area contributed by atoms with Crippen LogP contribution in [0.2, 0.25) is 0 Å². The van der Waals surface area contributed by atoms with Crippen molar-refractivity contribution < 1.29 is 19.3 Å². The number of aromatic amines is 1. The largest absolute Gasteiger partial charge is 0.394 e. The first-order valence-electron chi connectivity index (χ1n) is 5.62. The summed E-state index contributed by atoms with van der Waals surface area (Å²) in [6.45, 7) is -0.456. The number of aliphatic hydroxyl groups excluding tert-OH is 2. The fraction of sp³-hybridized carbons (Fsp3) is 0.500. The van der Waals surface area contributed by atoms with Crippen molar-refractivity contribution in [2.75, 3.05) is 6.61 Å². The van der Waals surface area contributed by atoms with E-state index in [1.165, 1.54) is 17.2 Å². The van der Waals surface area contributed by atoms with Gasteiger partial charge in [-0.1, -0.05) is 12.2 Å². The average molecular weight is 286 g/mol. The Morgan fingerprint density at radius 1 is 1.53 bits per heavy atom. The third-order valence-corrected chi connectivity index (χ3v) is 3.43. The highest BCUT2D eigenvalue weighted by molar-refractivity contribution is 7.71. The lowest BCUT2D eigenvalue weighted by molar-refractivity contribution is -0.0459. The van der Waals surface area contributed by atoms with Gasteiger partial charge in [-0.25, -0.2) is 14.4 Å². The van der Waals surface area contributed by atoms with E-state index < -0.39 is 31.2 Å². The van der Waals surface area contributed by atoms with Gasteiger partial charge < -0.3 is 19.9 Å². The summed E-state index contributed by atoms with van der Waals surface area (Å²) < 4.78 is 21.0. The molecule has 1 aliphatic heterocycles. The number of fused-ring (bicyclic) bond motifs is 1. The van der Waals surface area contributed by atoms with Gasteiger partial charge in [0.25, 0.3) is 0 Å². The number of halogens is 1. The molecule has 19 heavy (non-hydrogen) atoms. The van der Waals surface area contributed by atoms with Gasteiger partial charge >= 0.3 is 0 Å². The Balaban J connectivity index is 2.06. The van der Waals surface area contributed by atoms with E-state index in [1.807, 2.05) is 0 Å². The van der Waals surface area contributed by atoms with Gasteiger partial charge in [-0.05, 0) is 0 Å². The van der Waals surface area contributed by atoms with E-state index >= 15 is 0 Å². The monoisotopic (exact) mass is 286 g/mol. The zero-order valence-corrected chi connectivity index (χ0v) is 10.4. The zero-order chi connectivity index (χ0) is 13.6. The lowest BCUT2D eigenvalue weighted by Gasteiger charge is -2.15. The van der Waals surface area contributed by atoms with Crippen molar-refractivity contribution in [2.45, 2.75) is 24.6 Å². The van der Waals surface area contributed by atoms with Crippen LogP contribution in [-0.2, 0) is 4.74 Å². The highest BCUT2D eigenvalue weighted by Crippen LogP contribution is 2.33. The molecule has 0 radical (unpaired) electrons. The molecule has 7 nitrogen and oxygen atoms in total. The van der Waals surface area contributed by atoms with Crippen LogP contribution < -0.4 is 0 Å². The molecule has 3 N–H and O–H groups in total. The van der Waals surface area contributed by atoms with Crippen LogP contribution >= 0.6 is 12.2 Å². The smallest absolute Gasteiger partial charge is 0.173 e. The Labute approximate surface area is 111 Å². The number of aliphatic hydroxyl groups is 2. The van der Waals surface area contributed by atoms with Crippen molar-refractivity contribution in [2.24, 2.45) is 0 Å². The second kappa shape index (κ2) is 4.60. The van der Waals surface area contributed by atoms with Crippen LogP contribution in [0, 0.1) is 4.64 Å². The maximum atomic E-state index is 14.0. The van der Waals surface area contributed by atoms with E-state index in [-0.39, 0.29) is 0 Å². The molecule has 2 aromatic rings. The standard InChI is InChI=1S/C10H11FN4O3S/c11-5-7(17)4(1-16)18-10(5)15-3-14-6-8(15)12-2-13-9(6)19/h2-5,7,10,16-17H,1H2,(H,12,13,19)/t4-,5+,7-,10-/m0/s1. The molecule has 9 heteroatoms. The minimum Gasteiger partial charge on any atom is -0.394 e. The Morgan fingerprint density at radius 3 is 3.00 bits per heavy atom. The maximum Gasteiger partial charge on any atom is 0.173 e. The van der Waals surface area contributed by atoms with Gasteiger partial charge in [0.1, 0.15) is 23.4 Å². The van der Waals surface area contributed by atoms with Crippen LogP contribution in [-0.4, -0.2) is 54.7 Å². The maximum absolute atomic E-state index is 14.0. The molecule has 0 spiro atoms. The summed E-state index contributed by atoms with van der Waals surface area (Å²) in [5.41, 5.74) is 0.883. The fourth-order valence-corrected chi connectivity index (χ4v) is 2.35. The molecule has 0 bridgehead atoms. The number of nitrogens with zero attached hydrogens (tertiary/aromatic N) is 3. The van der Waals surface area contributed by atoms with Crippen LogP contribution in [0.4, 0.5) is 4.39 Å². The van der Waals surface area contributed by atoms with Crippen LogP contribution in [0.5, 0.6) is 0 Å². The quantitative estimate of drug-likeness (QED) is 0.677. The number of aromatic nitrogens is 4. The molecule has 0 aromatic carbocycles. The second-order valence-corrected chi connectivity index (χ2v) is 4.63. The summed E-state index contributed by atoms with van der Waals surface area (Å²) >= 11 is 5.01. The third kappa shape index (κ3) is 1.86. The van der Waals surface area contributed by atoms with Crippen molar-refractivity contribution in [3.8, 4) is 0 Å². The number of hydrogen-bond donors (Lipinski definition) is 3. The number of rotatable bonds is 2. The Morgan fingerprint density at radius 2 is 2.32 bits per heavy atom. The van der Waals surface area contributed by atoms with Gasteiger partial charge in [-0.3, -0.25) is 4.57 Å². The third-order valence-electron chi connectivity index (χ3n) is 3.13. The van der Waals surface area contributed by atoms with E-state index in [0.717, 1.165) is 0 Å². The van der Waals surface area contributed by atoms with Crippen molar-refractivity contribution >= 4 is 23.4 Å². The average Bonchev–Trinajstić information content (AvgIpc) is 2.94. The molecule has 0 amide bonds. The summed E-state index contributed by atoms with van der Waals surface area (Å²) in [5, 5.41) is 18.6. The lowest BCUT2D eigenvalue weighted by atomic mass is 10.1. The Hall–Kier alpha value is -1.42. The highest BCUT2D eigenvalue weighted by atomic mass is 32.1. The Kier molecular flexibility index (Phi) is 3.05. The normalized spacial score (nSPS) is 31.1. The number of imidazole rings is 1. The van der Waals surface area contributed by atoms with Crippen LogP contribution in [0.15, 0.2) is 12.7 Å². The molecular formula is C10H11FN4O3S. The van der Waals surface area contributed by atoms with Crippen LogP contribution in [0.3, 0.4) is 0 Å². The van der Waals surface area contributed by atoms with Gasteiger partial charge in [-0.2, -0.15) is 0 Å². The first kappa shape index (κ1) is 12.6. The summed E-state index contributed by atoms with van der Waals surface area (Å²) in [4.78, 5) is 10.7. The number of ether oxygens (including phenoxy) is 1. The summed E-state index contributed by atoms with van der Waals surface area (Å²) in [6, 6.07) is 0. The van der Waals surface area contributed by atoms with Crippen molar-refractivity contribution in [3.63, 3.8) is 0 Å². The molecule has 0 saturated carbocycles. The number of nitrogens with one attached hydrogen (secondary N) is 1. The number of H-pyrrole nitrogens is 1. The van der Waals surface area contributed by atoms with Gasteiger partial charge in [-0.15, -0.1) is 0 Å². The Bertz CT molecular complexity index is 660. The van der Waals surface area contributed by atoms with Crippen LogP contribution in [0.25, 0.3) is 11.2 Å². The van der Waals surface area contributed by atoms with Crippen molar-refractivity contribution in [3.05, 3.63) is 17.3 Å². The molecule has 1 aliphatic rings. The first-order chi connectivity index (χ1) is 9.13. The second-order valence-electron chi connectivity index (χ2n) is 4.24. The minimum absolute atomic E-state index is 0.292. The van der Waals surface area contributed by atoms with E-state index in [2.05, 4.69) is 15.0 Å². The molecule has 0 aliphatic carbocycles. The SMILES string of the molecule is OC[C@@H]1O[C@H](n2cnc3c(=S)nc[nH]c32)[C@H](F)[C@H]1O. The molecule has 1 saturated heterocycles. The van der Waals surface area contributed by atoms with Gasteiger partial charge in [0.2, 0.25) is 0 Å². The summed E-state index contributed by atoms with van der Waals surface area (Å²) in [7, 11) is 0. The molecule has 3 heterocycles. The van der Waals surface area contributed by atoms with Crippen LogP contribution in [0.1, 0.15) is 6.23 Å². The molecule has 4 atom stereocenters. The van der Waals surface area contributed by atoms with Gasteiger partial charge in [0.15, 0.2) is 17.0 Å². The molecule has 2 aromatic heterocycles. The summed E-state index contributed by atoms with van der Waals surface area (Å²) in [5.74, 6) is 0.